The fraction of sp³-hybridized carbons (Fsp3) is 0.571. The van der Waals surface area contributed by atoms with E-state index in [1.54, 1.807) is 25.3 Å². The highest BCUT2D eigenvalue weighted by Crippen LogP contribution is 2.28. The quantitative estimate of drug-likeness (QED) is 0.801. The molecule has 21 heavy (non-hydrogen) atoms. The van der Waals surface area contributed by atoms with Gasteiger partial charge >= 0.3 is 0 Å². The molecule has 3 saturated heterocycles. The summed E-state index contributed by atoms with van der Waals surface area (Å²) in [5.41, 5.74) is 0. The zero-order chi connectivity index (χ0) is 15.0. The number of fused-ring (bicyclic) bond motifs is 3. The number of nitrogens with one attached hydrogen (secondary N) is 2. The second kappa shape index (κ2) is 5.87. The maximum absolute atomic E-state index is 12.5. The van der Waals surface area contributed by atoms with Crippen LogP contribution < -0.4 is 14.4 Å². The summed E-state index contributed by atoms with van der Waals surface area (Å²) in [6.45, 7) is 3.26. The molecule has 0 saturated carbocycles. The number of sulfonamides is 1. The number of hydrogen-bond acceptors (Lipinski definition) is 3. The zero-order valence-corrected chi connectivity index (χ0v) is 14.3. The third-order valence-corrected chi connectivity index (χ3v) is 6.66. The minimum Gasteiger partial charge on any atom is -0.496 e. The van der Waals surface area contributed by atoms with Gasteiger partial charge in [-0.05, 0) is 40.0 Å². The summed E-state index contributed by atoms with van der Waals surface area (Å²) in [7, 11) is -1.92. The van der Waals surface area contributed by atoms with E-state index in [1.807, 2.05) is 0 Å². The van der Waals surface area contributed by atoms with Crippen molar-refractivity contribution >= 4 is 26.0 Å². The van der Waals surface area contributed by atoms with Crippen LogP contribution in [0.4, 0.5) is 0 Å². The lowest BCUT2D eigenvalue weighted by atomic mass is 9.85. The average molecular weight is 376 g/mol. The lowest BCUT2D eigenvalue weighted by Crippen LogP contribution is -3.17. The van der Waals surface area contributed by atoms with Crippen molar-refractivity contribution in [2.75, 3.05) is 26.7 Å². The molecule has 1 aromatic rings. The molecule has 2 bridgehead atoms. The highest BCUT2D eigenvalue weighted by atomic mass is 79.9. The Balaban J connectivity index is 1.79. The second-order valence-electron chi connectivity index (χ2n) is 5.82. The van der Waals surface area contributed by atoms with Crippen LogP contribution in [0.2, 0.25) is 0 Å². The third-order valence-electron chi connectivity index (χ3n) is 4.56. The van der Waals surface area contributed by atoms with Gasteiger partial charge < -0.3 is 9.64 Å². The molecule has 0 aliphatic carbocycles. The van der Waals surface area contributed by atoms with Crippen LogP contribution in [0.1, 0.15) is 12.8 Å². The van der Waals surface area contributed by atoms with Gasteiger partial charge in [0.25, 0.3) is 0 Å². The number of ether oxygens (including phenoxy) is 1. The number of hydrogen-bond donors (Lipinski definition) is 2. The van der Waals surface area contributed by atoms with Crippen molar-refractivity contribution in [1.29, 1.82) is 0 Å². The highest BCUT2D eigenvalue weighted by molar-refractivity contribution is 9.10. The standard InChI is InChI=1S/C14H19BrN2O3S/c1-20-14-3-2-11(8-12(14)15)21(18,19)16-13-9-17-6-4-10(13)5-7-17/h2-3,8,10,13,16H,4-7,9H2,1H3/p+1/t13-/m0/s1. The summed E-state index contributed by atoms with van der Waals surface area (Å²) in [5.74, 6) is 1.11. The van der Waals surface area contributed by atoms with Gasteiger partial charge in [-0.1, -0.05) is 0 Å². The van der Waals surface area contributed by atoms with Gasteiger partial charge in [-0.15, -0.1) is 0 Å². The molecule has 5 nitrogen and oxygen atoms in total. The summed E-state index contributed by atoms with van der Waals surface area (Å²) < 4.78 is 33.8. The molecule has 2 N–H and O–H groups in total. The Hall–Kier alpha value is -0.630. The molecule has 3 aliphatic rings. The van der Waals surface area contributed by atoms with Crippen LogP contribution >= 0.6 is 15.9 Å². The first kappa shape index (κ1) is 15.3. The van der Waals surface area contributed by atoms with Crippen molar-refractivity contribution in [3.63, 3.8) is 0 Å². The van der Waals surface area contributed by atoms with E-state index in [0.29, 0.717) is 16.1 Å². The summed E-state index contributed by atoms with van der Waals surface area (Å²) in [6, 6.07) is 4.91. The van der Waals surface area contributed by atoms with E-state index in [0.717, 1.165) is 19.4 Å². The van der Waals surface area contributed by atoms with Crippen LogP contribution in [0.15, 0.2) is 27.6 Å². The van der Waals surface area contributed by atoms with Crippen LogP contribution in [0.25, 0.3) is 0 Å². The van der Waals surface area contributed by atoms with Gasteiger partial charge in [0.1, 0.15) is 5.75 Å². The van der Waals surface area contributed by atoms with E-state index in [4.69, 9.17) is 4.74 Å². The summed E-state index contributed by atoms with van der Waals surface area (Å²) >= 11 is 3.34. The Morgan fingerprint density at radius 1 is 1.33 bits per heavy atom. The number of halogens is 1. The van der Waals surface area contributed by atoms with Crippen LogP contribution in [0, 0.1) is 5.92 Å². The number of benzene rings is 1. The predicted molar refractivity (Wildman–Crippen MR) is 83.1 cm³/mol. The van der Waals surface area contributed by atoms with Gasteiger partial charge in [-0.3, -0.25) is 0 Å². The van der Waals surface area contributed by atoms with E-state index < -0.39 is 10.0 Å². The number of piperidine rings is 3. The summed E-state index contributed by atoms with van der Waals surface area (Å²) in [5, 5.41) is 0. The van der Waals surface area contributed by atoms with Gasteiger partial charge in [0, 0.05) is 12.8 Å². The van der Waals surface area contributed by atoms with E-state index in [2.05, 4.69) is 20.7 Å². The number of rotatable bonds is 4. The molecule has 3 aliphatic heterocycles. The third kappa shape index (κ3) is 3.11. The topological polar surface area (TPSA) is 59.8 Å². The molecule has 0 amide bonds. The highest BCUT2D eigenvalue weighted by Gasteiger charge is 2.39. The van der Waals surface area contributed by atoms with Crippen LogP contribution in [0.3, 0.4) is 0 Å². The van der Waals surface area contributed by atoms with Crippen molar-refractivity contribution in [3.05, 3.63) is 22.7 Å². The summed E-state index contributed by atoms with van der Waals surface area (Å²) in [4.78, 5) is 1.79. The molecule has 1 atom stereocenters. The predicted octanol–water partition coefficient (Wildman–Crippen LogP) is 0.413. The molecule has 116 valence electrons. The maximum atomic E-state index is 12.5. The Labute approximate surface area is 133 Å². The zero-order valence-electron chi connectivity index (χ0n) is 11.9. The van der Waals surface area contributed by atoms with E-state index in [-0.39, 0.29) is 10.9 Å². The molecule has 3 fully saturated rings. The van der Waals surface area contributed by atoms with Crippen molar-refractivity contribution in [2.24, 2.45) is 5.92 Å². The molecule has 1 aromatic carbocycles. The van der Waals surface area contributed by atoms with Gasteiger partial charge in [-0.2, -0.15) is 0 Å². The second-order valence-corrected chi connectivity index (χ2v) is 8.38. The molecule has 0 aromatic heterocycles. The van der Waals surface area contributed by atoms with Crippen molar-refractivity contribution in [2.45, 2.75) is 23.8 Å². The minimum absolute atomic E-state index is 0.0633. The van der Waals surface area contributed by atoms with Gasteiger partial charge in [0.2, 0.25) is 10.0 Å². The molecule has 0 radical (unpaired) electrons. The van der Waals surface area contributed by atoms with Crippen molar-refractivity contribution in [1.82, 2.24) is 4.72 Å². The van der Waals surface area contributed by atoms with Gasteiger partial charge in [0.15, 0.2) is 0 Å². The smallest absolute Gasteiger partial charge is 0.241 e. The lowest BCUT2D eigenvalue weighted by Gasteiger charge is -2.41. The Kier molecular flexibility index (Phi) is 4.27. The first-order valence-electron chi connectivity index (χ1n) is 7.19. The Morgan fingerprint density at radius 3 is 2.57 bits per heavy atom. The Morgan fingerprint density at radius 2 is 2.05 bits per heavy atom. The van der Waals surface area contributed by atoms with Gasteiger partial charge in [-0.25, -0.2) is 13.1 Å². The van der Waals surface area contributed by atoms with Gasteiger partial charge in [0.05, 0.1) is 42.2 Å². The molecular formula is C14H20BrN2O3S+. The van der Waals surface area contributed by atoms with Crippen LogP contribution in [0.5, 0.6) is 5.75 Å². The van der Waals surface area contributed by atoms with Crippen molar-refractivity contribution in [3.8, 4) is 5.75 Å². The minimum atomic E-state index is -3.48. The normalized spacial score (nSPS) is 28.6. The maximum Gasteiger partial charge on any atom is 0.241 e. The molecular weight excluding hydrogens is 356 g/mol. The number of methoxy groups -OCH3 is 1. The van der Waals surface area contributed by atoms with Crippen molar-refractivity contribution < 1.29 is 18.1 Å². The molecule has 3 heterocycles. The van der Waals surface area contributed by atoms with Crippen LogP contribution in [-0.2, 0) is 10.0 Å². The monoisotopic (exact) mass is 375 g/mol. The fourth-order valence-electron chi connectivity index (χ4n) is 3.35. The van der Waals surface area contributed by atoms with E-state index in [9.17, 15) is 8.42 Å². The SMILES string of the molecule is COc1ccc(S(=O)(=O)N[C@H]2C[NH+]3CCC2CC3)cc1Br. The van der Waals surface area contributed by atoms with E-state index in [1.165, 1.54) is 18.0 Å². The molecule has 0 spiro atoms. The summed E-state index contributed by atoms with van der Waals surface area (Å²) in [6.07, 6.45) is 2.24. The fourth-order valence-corrected chi connectivity index (χ4v) is 5.37. The first-order chi connectivity index (χ1) is 9.99. The number of quaternary nitrogens is 1. The largest absolute Gasteiger partial charge is 0.496 e. The molecule has 0 unspecified atom stereocenters. The molecule has 7 heteroatoms. The van der Waals surface area contributed by atoms with E-state index >= 15 is 0 Å². The van der Waals surface area contributed by atoms with Crippen LogP contribution in [-0.4, -0.2) is 41.2 Å². The lowest BCUT2D eigenvalue weighted by molar-refractivity contribution is -0.917. The average Bonchev–Trinajstić information content (AvgIpc) is 2.48. The first-order valence-corrected chi connectivity index (χ1v) is 9.46. The Bertz CT molecular complexity index is 627. The molecule has 4 rings (SSSR count).